The van der Waals surface area contributed by atoms with Gasteiger partial charge >= 0.3 is 6.18 Å². The van der Waals surface area contributed by atoms with Gasteiger partial charge in [0, 0.05) is 44.2 Å². The van der Waals surface area contributed by atoms with Gasteiger partial charge in [0.25, 0.3) is 6.43 Å². The van der Waals surface area contributed by atoms with Gasteiger partial charge < -0.3 is 9.80 Å². The van der Waals surface area contributed by atoms with Gasteiger partial charge in [-0.15, -0.1) is 0 Å². The fourth-order valence-corrected chi connectivity index (χ4v) is 4.50. The van der Waals surface area contributed by atoms with Gasteiger partial charge in [-0.2, -0.15) is 18.3 Å². The molecule has 0 amide bonds. The second-order valence-electron chi connectivity index (χ2n) is 7.85. The summed E-state index contributed by atoms with van der Waals surface area (Å²) in [4.78, 5) is 16.1. The van der Waals surface area contributed by atoms with E-state index in [2.05, 4.69) is 20.1 Å². The van der Waals surface area contributed by atoms with Crippen LogP contribution in [0.5, 0.6) is 0 Å². The summed E-state index contributed by atoms with van der Waals surface area (Å²) in [5, 5.41) is 3.92. The Hall–Kier alpha value is -3.05. The molecule has 2 saturated heterocycles. The third kappa shape index (κ3) is 3.63. The molecule has 164 valence electrons. The van der Waals surface area contributed by atoms with E-state index >= 15 is 0 Å². The Morgan fingerprint density at radius 3 is 2.39 bits per heavy atom. The van der Waals surface area contributed by atoms with Gasteiger partial charge in [0.2, 0.25) is 0 Å². The van der Waals surface area contributed by atoms with E-state index in [1.807, 2.05) is 4.90 Å². The Bertz CT molecular complexity index is 1080. The number of halogens is 5. The van der Waals surface area contributed by atoms with Gasteiger partial charge in [-0.25, -0.2) is 28.4 Å². The SMILES string of the molecule is FC(F)Cn1ncc2ncc(N3CC4CN(c5cccnc5C(F)(F)F)CC4C3)nc21. The number of hydrogen-bond donors (Lipinski definition) is 0. The van der Waals surface area contributed by atoms with E-state index in [1.54, 1.807) is 11.1 Å². The molecule has 3 aromatic rings. The summed E-state index contributed by atoms with van der Waals surface area (Å²) in [6, 6.07) is 2.97. The van der Waals surface area contributed by atoms with Crippen LogP contribution in [0.25, 0.3) is 11.2 Å². The fourth-order valence-electron chi connectivity index (χ4n) is 4.50. The van der Waals surface area contributed by atoms with Crippen LogP contribution < -0.4 is 9.80 Å². The molecular formula is C19H18F5N7. The van der Waals surface area contributed by atoms with Gasteiger partial charge in [0.15, 0.2) is 11.3 Å². The smallest absolute Gasteiger partial charge is 0.369 e. The van der Waals surface area contributed by atoms with Crippen molar-refractivity contribution in [2.45, 2.75) is 19.1 Å². The maximum absolute atomic E-state index is 13.3. The van der Waals surface area contributed by atoms with E-state index in [4.69, 9.17) is 0 Å². The molecule has 0 bridgehead atoms. The maximum atomic E-state index is 13.3. The molecule has 2 aliphatic rings. The monoisotopic (exact) mass is 439 g/mol. The first-order valence-electron chi connectivity index (χ1n) is 9.78. The van der Waals surface area contributed by atoms with Crippen LogP contribution in [0.1, 0.15) is 5.69 Å². The average Bonchev–Trinajstić information content (AvgIpc) is 3.40. The molecule has 2 aliphatic heterocycles. The lowest BCUT2D eigenvalue weighted by Crippen LogP contribution is -2.30. The van der Waals surface area contributed by atoms with E-state index in [0.29, 0.717) is 43.2 Å². The number of anilines is 2. The largest absolute Gasteiger partial charge is 0.435 e. The summed E-state index contributed by atoms with van der Waals surface area (Å²) < 4.78 is 66.6. The second-order valence-corrected chi connectivity index (χ2v) is 7.85. The quantitative estimate of drug-likeness (QED) is 0.583. The van der Waals surface area contributed by atoms with E-state index in [1.165, 1.54) is 18.3 Å². The molecule has 0 N–H and O–H groups in total. The van der Waals surface area contributed by atoms with E-state index in [0.717, 1.165) is 10.9 Å². The molecule has 5 heterocycles. The third-order valence-corrected chi connectivity index (χ3v) is 5.85. The molecule has 2 atom stereocenters. The number of hydrogen-bond acceptors (Lipinski definition) is 6. The van der Waals surface area contributed by atoms with Gasteiger partial charge in [-0.1, -0.05) is 0 Å². The van der Waals surface area contributed by atoms with Gasteiger partial charge in [-0.3, -0.25) is 0 Å². The van der Waals surface area contributed by atoms with Crippen molar-refractivity contribution in [3.63, 3.8) is 0 Å². The summed E-state index contributed by atoms with van der Waals surface area (Å²) in [7, 11) is 0. The van der Waals surface area contributed by atoms with Crippen LogP contribution in [-0.4, -0.2) is 57.3 Å². The van der Waals surface area contributed by atoms with E-state index in [9.17, 15) is 22.0 Å². The van der Waals surface area contributed by atoms with Gasteiger partial charge in [0.05, 0.1) is 18.1 Å². The summed E-state index contributed by atoms with van der Waals surface area (Å²) in [5.41, 5.74) is -0.0311. The summed E-state index contributed by atoms with van der Waals surface area (Å²) in [6.45, 7) is 1.61. The lowest BCUT2D eigenvalue weighted by molar-refractivity contribution is -0.140. The molecule has 0 saturated carbocycles. The van der Waals surface area contributed by atoms with Gasteiger partial charge in [0.1, 0.15) is 17.9 Å². The first-order chi connectivity index (χ1) is 14.8. The van der Waals surface area contributed by atoms with Crippen molar-refractivity contribution < 1.29 is 22.0 Å². The molecule has 0 aliphatic carbocycles. The zero-order valence-corrected chi connectivity index (χ0v) is 16.2. The molecule has 2 fully saturated rings. The normalized spacial score (nSPS) is 21.5. The van der Waals surface area contributed by atoms with Crippen LogP contribution >= 0.6 is 0 Å². The summed E-state index contributed by atoms with van der Waals surface area (Å²) in [5.74, 6) is 0.872. The predicted octanol–water partition coefficient (Wildman–Crippen LogP) is 3.08. The molecular weight excluding hydrogens is 421 g/mol. The highest BCUT2D eigenvalue weighted by molar-refractivity contribution is 5.71. The van der Waals surface area contributed by atoms with Crippen LogP contribution in [0.15, 0.2) is 30.7 Å². The number of pyridine rings is 1. The number of alkyl halides is 5. The standard InChI is InChI=1S/C19H18F5N7/c20-15(21)10-31-18-13(4-27-31)26-5-16(28-18)30-8-11-6-29(7-12(11)9-30)14-2-1-3-25-17(14)19(22,23)24/h1-5,11-12,15H,6-10H2. The minimum atomic E-state index is -4.51. The molecule has 5 rings (SSSR count). The fraction of sp³-hybridized carbons (Fsp3) is 0.474. The number of aromatic nitrogens is 5. The van der Waals surface area contributed by atoms with Crippen LogP contribution in [0, 0.1) is 11.8 Å². The van der Waals surface area contributed by atoms with Crippen molar-refractivity contribution in [3.05, 3.63) is 36.4 Å². The summed E-state index contributed by atoms with van der Waals surface area (Å²) >= 11 is 0. The van der Waals surface area contributed by atoms with Crippen molar-refractivity contribution in [2.24, 2.45) is 11.8 Å². The van der Waals surface area contributed by atoms with Crippen molar-refractivity contribution in [2.75, 3.05) is 36.0 Å². The van der Waals surface area contributed by atoms with E-state index < -0.39 is 24.8 Å². The highest BCUT2D eigenvalue weighted by Gasteiger charge is 2.44. The Balaban J connectivity index is 1.33. The minimum Gasteiger partial charge on any atom is -0.369 e. The molecule has 12 heteroatoms. The Kier molecular flexibility index (Phi) is 4.67. The third-order valence-electron chi connectivity index (χ3n) is 5.85. The topological polar surface area (TPSA) is 63.0 Å². The van der Waals surface area contributed by atoms with Crippen LogP contribution in [0.4, 0.5) is 33.5 Å². The first-order valence-corrected chi connectivity index (χ1v) is 9.78. The lowest BCUT2D eigenvalue weighted by Gasteiger charge is -2.25. The molecule has 0 radical (unpaired) electrons. The van der Waals surface area contributed by atoms with Crippen molar-refractivity contribution in [1.29, 1.82) is 0 Å². The number of nitrogens with zero attached hydrogens (tertiary/aromatic N) is 7. The Labute approximate surface area is 173 Å². The molecule has 7 nitrogen and oxygen atoms in total. The molecule has 31 heavy (non-hydrogen) atoms. The lowest BCUT2D eigenvalue weighted by atomic mass is 10.0. The minimum absolute atomic E-state index is 0.105. The molecule has 3 aromatic heterocycles. The molecule has 2 unspecified atom stereocenters. The van der Waals surface area contributed by atoms with Crippen molar-refractivity contribution >= 4 is 22.7 Å². The van der Waals surface area contributed by atoms with Gasteiger partial charge in [-0.05, 0) is 12.1 Å². The highest BCUT2D eigenvalue weighted by Crippen LogP contribution is 2.40. The Morgan fingerprint density at radius 1 is 1.00 bits per heavy atom. The van der Waals surface area contributed by atoms with E-state index in [-0.39, 0.29) is 17.5 Å². The predicted molar refractivity (Wildman–Crippen MR) is 102 cm³/mol. The first kappa shape index (κ1) is 19.9. The Morgan fingerprint density at radius 2 is 1.71 bits per heavy atom. The zero-order valence-electron chi connectivity index (χ0n) is 16.2. The second kappa shape index (κ2) is 7.27. The van der Waals surface area contributed by atoms with Crippen molar-refractivity contribution in [1.82, 2.24) is 24.7 Å². The van der Waals surface area contributed by atoms with Crippen LogP contribution in [-0.2, 0) is 12.7 Å². The molecule has 0 aromatic carbocycles. The number of rotatable bonds is 4. The average molecular weight is 439 g/mol. The van der Waals surface area contributed by atoms with Crippen molar-refractivity contribution in [3.8, 4) is 0 Å². The maximum Gasteiger partial charge on any atom is 0.435 e. The number of fused-ring (bicyclic) bond motifs is 2. The highest BCUT2D eigenvalue weighted by atomic mass is 19.4. The summed E-state index contributed by atoms with van der Waals surface area (Å²) in [6.07, 6.45) is -2.93. The van der Waals surface area contributed by atoms with Crippen LogP contribution in [0.2, 0.25) is 0 Å². The zero-order chi connectivity index (χ0) is 21.8. The molecule has 0 spiro atoms. The van der Waals surface area contributed by atoms with Crippen LogP contribution in [0.3, 0.4) is 0 Å².